The van der Waals surface area contributed by atoms with Gasteiger partial charge in [0.25, 0.3) is 5.91 Å². The first-order valence-electron chi connectivity index (χ1n) is 11.2. The van der Waals surface area contributed by atoms with Crippen molar-refractivity contribution < 1.29 is 13.9 Å². The van der Waals surface area contributed by atoms with Gasteiger partial charge in [-0.1, -0.05) is 42.5 Å². The lowest BCUT2D eigenvalue weighted by atomic mass is 10.1. The molecule has 1 atom stereocenters. The quantitative estimate of drug-likeness (QED) is 0.402. The number of aliphatic imine (C=N–C) groups is 1. The van der Waals surface area contributed by atoms with Crippen molar-refractivity contribution in [3.05, 3.63) is 89.9 Å². The number of likely N-dealkylation sites (tertiary alicyclic amines) is 1. The Morgan fingerprint density at radius 1 is 1.12 bits per heavy atom. The molecule has 172 valence electrons. The van der Waals surface area contributed by atoms with E-state index in [-0.39, 0.29) is 11.7 Å². The molecule has 1 amide bonds. The first-order chi connectivity index (χ1) is 16.2. The summed E-state index contributed by atoms with van der Waals surface area (Å²) in [7, 11) is 1.81. The lowest BCUT2D eigenvalue weighted by Crippen LogP contribution is -2.39. The van der Waals surface area contributed by atoms with Crippen LogP contribution < -0.4 is 10.6 Å². The minimum Gasteiger partial charge on any atom is -0.459 e. The van der Waals surface area contributed by atoms with Crippen LogP contribution in [-0.4, -0.2) is 43.5 Å². The molecule has 0 bridgehead atoms. The number of hydrogen-bond donors (Lipinski definition) is 2. The van der Waals surface area contributed by atoms with E-state index in [1.54, 1.807) is 12.1 Å². The van der Waals surface area contributed by atoms with E-state index in [1.165, 1.54) is 11.8 Å². The Bertz CT molecular complexity index is 1050. The fourth-order valence-electron chi connectivity index (χ4n) is 3.95. The Hall–Kier alpha value is -3.58. The monoisotopic (exact) mass is 446 g/mol. The van der Waals surface area contributed by atoms with Crippen molar-refractivity contribution in [2.75, 3.05) is 32.1 Å². The number of guanidine groups is 1. The van der Waals surface area contributed by atoms with Crippen LogP contribution in [0.2, 0.25) is 0 Å². The van der Waals surface area contributed by atoms with Gasteiger partial charge in [0.2, 0.25) is 0 Å². The summed E-state index contributed by atoms with van der Waals surface area (Å²) in [6.07, 6.45) is 2.57. The predicted octanol–water partition coefficient (Wildman–Crippen LogP) is 4.15. The molecular formula is C26H30N4O3. The van der Waals surface area contributed by atoms with Gasteiger partial charge in [-0.2, -0.15) is 0 Å². The number of nitrogens with one attached hydrogen (secondary N) is 2. The number of carbonyl (C=O) groups excluding carboxylic acids is 1. The van der Waals surface area contributed by atoms with Gasteiger partial charge < -0.3 is 24.7 Å². The van der Waals surface area contributed by atoms with Gasteiger partial charge >= 0.3 is 0 Å². The van der Waals surface area contributed by atoms with E-state index in [4.69, 9.17) is 9.15 Å². The molecule has 3 aromatic rings. The second kappa shape index (κ2) is 11.3. The largest absolute Gasteiger partial charge is 0.459 e. The van der Waals surface area contributed by atoms with E-state index >= 15 is 0 Å². The van der Waals surface area contributed by atoms with E-state index in [0.717, 1.165) is 43.3 Å². The summed E-state index contributed by atoms with van der Waals surface area (Å²) >= 11 is 0. The number of furan rings is 1. The molecule has 0 radical (unpaired) electrons. The number of amides is 1. The number of benzene rings is 2. The molecule has 0 aliphatic carbocycles. The van der Waals surface area contributed by atoms with Gasteiger partial charge in [-0.25, -0.2) is 0 Å². The highest BCUT2D eigenvalue weighted by molar-refractivity contribution is 6.02. The molecule has 1 aliphatic heterocycles. The number of nitrogens with zero attached hydrogens (tertiary/aromatic N) is 2. The third-order valence-corrected chi connectivity index (χ3v) is 5.64. The van der Waals surface area contributed by atoms with Crippen molar-refractivity contribution in [2.45, 2.75) is 19.6 Å². The number of hydrogen-bond acceptors (Lipinski definition) is 4. The SMILES string of the molecule is CN=C(NCc1cccc(NC(=O)c2ccco2)c1)N1CCC(COCc2ccccc2)C1. The Morgan fingerprint density at radius 2 is 1.97 bits per heavy atom. The summed E-state index contributed by atoms with van der Waals surface area (Å²) in [5, 5.41) is 6.31. The Morgan fingerprint density at radius 3 is 2.76 bits per heavy atom. The molecule has 1 aliphatic rings. The minimum absolute atomic E-state index is 0.265. The molecule has 1 saturated heterocycles. The van der Waals surface area contributed by atoms with Crippen LogP contribution in [0, 0.1) is 5.92 Å². The second-order valence-corrected chi connectivity index (χ2v) is 8.13. The van der Waals surface area contributed by atoms with Crippen molar-refractivity contribution in [3.63, 3.8) is 0 Å². The third-order valence-electron chi connectivity index (χ3n) is 5.64. The van der Waals surface area contributed by atoms with Crippen LogP contribution >= 0.6 is 0 Å². The van der Waals surface area contributed by atoms with Gasteiger partial charge in [0, 0.05) is 38.3 Å². The van der Waals surface area contributed by atoms with Crippen molar-refractivity contribution in [2.24, 2.45) is 10.9 Å². The summed E-state index contributed by atoms with van der Waals surface area (Å²) in [6, 6.07) is 21.4. The van der Waals surface area contributed by atoms with E-state index in [1.807, 2.05) is 49.5 Å². The number of ether oxygens (including phenoxy) is 1. The summed E-state index contributed by atoms with van der Waals surface area (Å²) < 4.78 is 11.1. The smallest absolute Gasteiger partial charge is 0.291 e. The fourth-order valence-corrected chi connectivity index (χ4v) is 3.95. The van der Waals surface area contributed by atoms with Gasteiger partial charge in [-0.15, -0.1) is 0 Å². The molecule has 1 aromatic heterocycles. The lowest BCUT2D eigenvalue weighted by molar-refractivity contribution is 0.0906. The average Bonchev–Trinajstić information content (AvgIpc) is 3.54. The molecule has 1 fully saturated rings. The zero-order valence-corrected chi connectivity index (χ0v) is 18.9. The van der Waals surface area contributed by atoms with Crippen LogP contribution in [0.25, 0.3) is 0 Å². The van der Waals surface area contributed by atoms with E-state index in [9.17, 15) is 4.79 Å². The predicted molar refractivity (Wildman–Crippen MR) is 129 cm³/mol. The molecule has 4 rings (SSSR count). The summed E-state index contributed by atoms with van der Waals surface area (Å²) in [5.74, 6) is 1.40. The fraction of sp³-hybridized carbons (Fsp3) is 0.308. The molecule has 2 N–H and O–H groups in total. The number of anilines is 1. The molecule has 2 heterocycles. The maximum absolute atomic E-state index is 12.2. The standard InChI is InChI=1S/C26H30N4O3/c1-27-26(30-13-12-22(17-30)19-32-18-20-7-3-2-4-8-20)28-16-21-9-5-10-23(15-21)29-25(31)24-11-6-14-33-24/h2-11,14-15,22H,12-13,16-19H2,1H3,(H,27,28)(H,29,31). The average molecular weight is 447 g/mol. The third kappa shape index (κ3) is 6.46. The number of carbonyl (C=O) groups is 1. The summed E-state index contributed by atoms with van der Waals surface area (Å²) in [6.45, 7) is 3.89. The molecule has 7 nitrogen and oxygen atoms in total. The van der Waals surface area contributed by atoms with Crippen molar-refractivity contribution >= 4 is 17.6 Å². The molecule has 0 spiro atoms. The highest BCUT2D eigenvalue weighted by atomic mass is 16.5. The highest BCUT2D eigenvalue weighted by Gasteiger charge is 2.25. The molecule has 0 saturated carbocycles. The van der Waals surface area contributed by atoms with Gasteiger partial charge in [-0.3, -0.25) is 9.79 Å². The maximum Gasteiger partial charge on any atom is 0.291 e. The van der Waals surface area contributed by atoms with Crippen molar-refractivity contribution in [1.29, 1.82) is 0 Å². The topological polar surface area (TPSA) is 79.1 Å². The zero-order chi connectivity index (χ0) is 22.9. The van der Waals surface area contributed by atoms with E-state index < -0.39 is 0 Å². The van der Waals surface area contributed by atoms with Crippen LogP contribution in [0.15, 0.2) is 82.4 Å². The van der Waals surface area contributed by atoms with Crippen LogP contribution in [-0.2, 0) is 17.9 Å². The van der Waals surface area contributed by atoms with Crippen LogP contribution in [0.1, 0.15) is 28.1 Å². The normalized spacial score (nSPS) is 16.1. The highest BCUT2D eigenvalue weighted by Crippen LogP contribution is 2.18. The van der Waals surface area contributed by atoms with Crippen molar-refractivity contribution in [3.8, 4) is 0 Å². The summed E-state index contributed by atoms with van der Waals surface area (Å²) in [4.78, 5) is 18.9. The Labute approximate surface area is 194 Å². The summed E-state index contributed by atoms with van der Waals surface area (Å²) in [5.41, 5.74) is 2.98. The molecular weight excluding hydrogens is 416 g/mol. The Balaban J connectivity index is 1.23. The molecule has 2 aromatic carbocycles. The van der Waals surface area contributed by atoms with Gasteiger partial charge in [0.1, 0.15) is 0 Å². The second-order valence-electron chi connectivity index (χ2n) is 8.13. The Kier molecular flexibility index (Phi) is 7.76. The van der Waals surface area contributed by atoms with Crippen molar-refractivity contribution in [1.82, 2.24) is 10.2 Å². The van der Waals surface area contributed by atoms with Crippen LogP contribution in [0.4, 0.5) is 5.69 Å². The van der Waals surface area contributed by atoms with E-state index in [0.29, 0.717) is 19.1 Å². The van der Waals surface area contributed by atoms with E-state index in [2.05, 4.69) is 32.7 Å². The van der Waals surface area contributed by atoms with Crippen LogP contribution in [0.5, 0.6) is 0 Å². The number of rotatable bonds is 8. The van der Waals surface area contributed by atoms with Crippen LogP contribution in [0.3, 0.4) is 0 Å². The molecule has 1 unspecified atom stereocenters. The molecule has 33 heavy (non-hydrogen) atoms. The zero-order valence-electron chi connectivity index (χ0n) is 18.9. The van der Waals surface area contributed by atoms with Gasteiger partial charge in [0.15, 0.2) is 11.7 Å². The van der Waals surface area contributed by atoms with Gasteiger partial charge in [0.05, 0.1) is 19.5 Å². The lowest BCUT2D eigenvalue weighted by Gasteiger charge is -2.22. The molecule has 7 heteroatoms. The maximum atomic E-state index is 12.2. The first-order valence-corrected chi connectivity index (χ1v) is 11.2. The minimum atomic E-state index is -0.265. The van der Waals surface area contributed by atoms with Gasteiger partial charge in [-0.05, 0) is 41.8 Å². The first kappa shape index (κ1) is 22.6.